The summed E-state index contributed by atoms with van der Waals surface area (Å²) < 4.78 is 0. The number of nitrogens with zero attached hydrogens (tertiary/aromatic N) is 3. The summed E-state index contributed by atoms with van der Waals surface area (Å²) in [6.45, 7) is 5.67. The zero-order chi connectivity index (χ0) is 17.2. The SMILES string of the molecule is CC(C)CNC(=O)C1=NO[C@]2(CCN(C(=O)c3ccccn3)C2)C1. The van der Waals surface area contributed by atoms with Crippen molar-refractivity contribution in [3.05, 3.63) is 30.1 Å². The minimum absolute atomic E-state index is 0.117. The first-order chi connectivity index (χ1) is 11.5. The smallest absolute Gasteiger partial charge is 0.272 e. The molecule has 0 bridgehead atoms. The van der Waals surface area contributed by atoms with Crippen LogP contribution in [0.3, 0.4) is 0 Å². The van der Waals surface area contributed by atoms with Crippen LogP contribution < -0.4 is 5.32 Å². The maximum atomic E-state index is 12.5. The number of amides is 2. The first kappa shape index (κ1) is 16.4. The molecule has 0 saturated carbocycles. The third kappa shape index (κ3) is 3.39. The maximum Gasteiger partial charge on any atom is 0.272 e. The van der Waals surface area contributed by atoms with Crippen LogP contribution in [0.5, 0.6) is 0 Å². The lowest BCUT2D eigenvalue weighted by atomic mass is 9.96. The molecular weight excluding hydrogens is 308 g/mol. The lowest BCUT2D eigenvalue weighted by molar-refractivity contribution is -0.115. The van der Waals surface area contributed by atoms with E-state index in [1.54, 1.807) is 29.3 Å². The molecule has 2 amide bonds. The van der Waals surface area contributed by atoms with Gasteiger partial charge in [0.1, 0.15) is 11.4 Å². The van der Waals surface area contributed by atoms with Crippen molar-refractivity contribution in [2.24, 2.45) is 11.1 Å². The van der Waals surface area contributed by atoms with E-state index in [4.69, 9.17) is 4.84 Å². The second-order valence-electron chi connectivity index (χ2n) is 6.78. The Morgan fingerprint density at radius 2 is 2.25 bits per heavy atom. The Morgan fingerprint density at radius 3 is 2.96 bits per heavy atom. The fraction of sp³-hybridized carbons (Fsp3) is 0.529. The van der Waals surface area contributed by atoms with Gasteiger partial charge in [0.2, 0.25) is 0 Å². The van der Waals surface area contributed by atoms with E-state index in [9.17, 15) is 9.59 Å². The lowest BCUT2D eigenvalue weighted by Gasteiger charge is -2.21. The summed E-state index contributed by atoms with van der Waals surface area (Å²) in [4.78, 5) is 36.0. The number of pyridine rings is 1. The Balaban J connectivity index is 1.58. The predicted octanol–water partition coefficient (Wildman–Crippen LogP) is 1.21. The van der Waals surface area contributed by atoms with E-state index in [1.807, 2.05) is 13.8 Å². The van der Waals surface area contributed by atoms with Crippen molar-refractivity contribution in [3.63, 3.8) is 0 Å². The number of aromatic nitrogens is 1. The summed E-state index contributed by atoms with van der Waals surface area (Å²) in [6.07, 6.45) is 2.70. The maximum absolute atomic E-state index is 12.5. The van der Waals surface area contributed by atoms with Gasteiger partial charge < -0.3 is 15.1 Å². The molecule has 7 nitrogen and oxygen atoms in total. The van der Waals surface area contributed by atoms with Crippen molar-refractivity contribution in [1.82, 2.24) is 15.2 Å². The average Bonchev–Trinajstić information content (AvgIpc) is 3.20. The standard InChI is InChI=1S/C17H22N4O3/c1-12(2)10-19-15(22)14-9-17(24-20-14)6-8-21(11-17)16(23)13-5-3-4-7-18-13/h3-5,7,12H,6,8-11H2,1-2H3,(H,19,22)/t17-/m1/s1. The molecule has 1 atom stereocenters. The van der Waals surface area contributed by atoms with Crippen molar-refractivity contribution in [2.45, 2.75) is 32.3 Å². The molecule has 0 unspecified atom stereocenters. The van der Waals surface area contributed by atoms with Crippen LogP contribution in [0.4, 0.5) is 0 Å². The number of rotatable bonds is 4. The topological polar surface area (TPSA) is 83.9 Å². The van der Waals surface area contributed by atoms with E-state index in [1.165, 1.54) is 0 Å². The highest BCUT2D eigenvalue weighted by atomic mass is 16.7. The van der Waals surface area contributed by atoms with Crippen LogP contribution in [0.15, 0.2) is 29.6 Å². The lowest BCUT2D eigenvalue weighted by Crippen LogP contribution is -2.39. The highest BCUT2D eigenvalue weighted by molar-refractivity contribution is 6.39. The van der Waals surface area contributed by atoms with Crippen molar-refractivity contribution >= 4 is 17.5 Å². The van der Waals surface area contributed by atoms with Crippen LogP contribution in [-0.4, -0.2) is 52.6 Å². The van der Waals surface area contributed by atoms with Gasteiger partial charge in [-0.3, -0.25) is 14.6 Å². The van der Waals surface area contributed by atoms with Gasteiger partial charge in [0.25, 0.3) is 11.8 Å². The van der Waals surface area contributed by atoms with Crippen molar-refractivity contribution in [2.75, 3.05) is 19.6 Å². The minimum atomic E-state index is -0.574. The largest absolute Gasteiger partial charge is 0.386 e. The van der Waals surface area contributed by atoms with E-state index >= 15 is 0 Å². The molecule has 0 aromatic carbocycles. The monoisotopic (exact) mass is 330 g/mol. The predicted molar refractivity (Wildman–Crippen MR) is 88.5 cm³/mol. The first-order valence-electron chi connectivity index (χ1n) is 8.23. The van der Waals surface area contributed by atoms with Gasteiger partial charge in [-0.1, -0.05) is 25.1 Å². The van der Waals surface area contributed by atoms with Gasteiger partial charge in [0.05, 0.1) is 6.54 Å². The van der Waals surface area contributed by atoms with E-state index < -0.39 is 5.60 Å². The third-order valence-corrected chi connectivity index (χ3v) is 4.26. The summed E-state index contributed by atoms with van der Waals surface area (Å²) >= 11 is 0. The van der Waals surface area contributed by atoms with Crippen LogP contribution in [0.1, 0.15) is 37.2 Å². The summed E-state index contributed by atoms with van der Waals surface area (Å²) in [5, 5.41) is 6.82. The number of nitrogens with one attached hydrogen (secondary N) is 1. The van der Waals surface area contributed by atoms with Gasteiger partial charge in [-0.25, -0.2) is 0 Å². The molecule has 0 radical (unpaired) electrons. The molecule has 2 aliphatic rings. The van der Waals surface area contributed by atoms with Crippen molar-refractivity contribution in [1.29, 1.82) is 0 Å². The Hall–Kier alpha value is -2.44. The molecule has 24 heavy (non-hydrogen) atoms. The molecule has 1 N–H and O–H groups in total. The van der Waals surface area contributed by atoms with Crippen LogP contribution in [-0.2, 0) is 9.63 Å². The fourth-order valence-electron chi connectivity index (χ4n) is 2.93. The van der Waals surface area contributed by atoms with Gasteiger partial charge in [-0.2, -0.15) is 0 Å². The minimum Gasteiger partial charge on any atom is -0.386 e. The van der Waals surface area contributed by atoms with Gasteiger partial charge in [0, 0.05) is 32.1 Å². The number of likely N-dealkylation sites (tertiary alicyclic amines) is 1. The summed E-state index contributed by atoms with van der Waals surface area (Å²) in [7, 11) is 0. The zero-order valence-corrected chi connectivity index (χ0v) is 14.0. The molecule has 1 fully saturated rings. The van der Waals surface area contributed by atoms with Crippen molar-refractivity contribution in [3.8, 4) is 0 Å². The Kier molecular flexibility index (Phi) is 4.51. The van der Waals surface area contributed by atoms with Gasteiger partial charge in [-0.05, 0) is 18.1 Å². The van der Waals surface area contributed by atoms with Crippen LogP contribution >= 0.6 is 0 Å². The van der Waals surface area contributed by atoms with Gasteiger partial charge in [-0.15, -0.1) is 0 Å². The van der Waals surface area contributed by atoms with E-state index in [0.717, 1.165) is 0 Å². The zero-order valence-electron chi connectivity index (χ0n) is 14.0. The highest BCUT2D eigenvalue weighted by Gasteiger charge is 2.48. The molecule has 2 aliphatic heterocycles. The summed E-state index contributed by atoms with van der Waals surface area (Å²) in [5.41, 5.74) is 0.251. The van der Waals surface area contributed by atoms with E-state index in [-0.39, 0.29) is 11.8 Å². The fourth-order valence-corrected chi connectivity index (χ4v) is 2.93. The van der Waals surface area contributed by atoms with Gasteiger partial charge >= 0.3 is 0 Å². The quantitative estimate of drug-likeness (QED) is 0.899. The molecule has 3 rings (SSSR count). The van der Waals surface area contributed by atoms with Gasteiger partial charge in [0.15, 0.2) is 5.60 Å². The normalized spacial score (nSPS) is 22.6. The Labute approximate surface area is 141 Å². The number of carbonyl (C=O) groups excluding carboxylic acids is 2. The molecule has 7 heteroatoms. The second-order valence-corrected chi connectivity index (χ2v) is 6.78. The summed E-state index contributed by atoms with van der Waals surface area (Å²) in [6, 6.07) is 5.26. The molecule has 128 valence electrons. The van der Waals surface area contributed by atoms with Crippen LogP contribution in [0, 0.1) is 5.92 Å². The van der Waals surface area contributed by atoms with Crippen LogP contribution in [0.25, 0.3) is 0 Å². The average molecular weight is 330 g/mol. The molecule has 1 saturated heterocycles. The number of oxime groups is 1. The van der Waals surface area contributed by atoms with Crippen LogP contribution in [0.2, 0.25) is 0 Å². The molecule has 3 heterocycles. The molecule has 1 aromatic heterocycles. The first-order valence-corrected chi connectivity index (χ1v) is 8.23. The molecular formula is C17H22N4O3. The second kappa shape index (κ2) is 6.59. The van der Waals surface area contributed by atoms with E-state index in [2.05, 4.69) is 15.5 Å². The Bertz CT molecular complexity index is 659. The molecule has 1 aromatic rings. The number of hydrogen-bond donors (Lipinski definition) is 1. The molecule has 0 aliphatic carbocycles. The Morgan fingerprint density at radius 1 is 1.42 bits per heavy atom. The van der Waals surface area contributed by atoms with Crippen molar-refractivity contribution < 1.29 is 14.4 Å². The summed E-state index contributed by atoms with van der Waals surface area (Å²) in [5.74, 6) is 0.0765. The third-order valence-electron chi connectivity index (χ3n) is 4.26. The number of hydrogen-bond acceptors (Lipinski definition) is 5. The van der Waals surface area contributed by atoms with E-state index in [0.29, 0.717) is 49.8 Å². The highest BCUT2D eigenvalue weighted by Crippen LogP contribution is 2.34. The molecule has 1 spiro atoms. The number of carbonyl (C=O) groups is 2.